The molecule has 0 unspecified atom stereocenters. The standard InChI is InChI=1S/C26H34FNO6S/c1-3-33-26-21(10-12-31-14-15-32-13-11-29)22(24-5-4-16-35-24)17-23(34-26)25(30)28(2)18-19-6-8-20(27)9-7-19/h4-9,16-17,21-22,26,29H,3,10-15,18H2,1-2H3/t21-,22-,26+/m1/s1. The molecule has 0 fully saturated rings. The van der Waals surface area contributed by atoms with E-state index in [1.54, 1.807) is 35.4 Å². The number of carbonyl (C=O) groups excluding carboxylic acids is 1. The molecule has 192 valence electrons. The number of hydrogen-bond donors (Lipinski definition) is 1. The molecule has 3 atom stereocenters. The quantitative estimate of drug-likeness (QED) is 0.391. The van der Waals surface area contributed by atoms with E-state index in [1.165, 1.54) is 12.1 Å². The lowest BCUT2D eigenvalue weighted by atomic mass is 9.85. The summed E-state index contributed by atoms with van der Waals surface area (Å²) in [6.07, 6.45) is 1.97. The number of halogens is 1. The Morgan fingerprint density at radius 2 is 1.89 bits per heavy atom. The number of likely N-dealkylation sites (N-methyl/N-ethyl adjacent to an activating group) is 1. The van der Waals surface area contributed by atoms with Crippen LogP contribution in [-0.4, -0.2) is 68.9 Å². The molecule has 0 aliphatic carbocycles. The van der Waals surface area contributed by atoms with E-state index in [0.29, 0.717) is 46.0 Å². The molecule has 1 aromatic carbocycles. The monoisotopic (exact) mass is 507 g/mol. The zero-order valence-corrected chi connectivity index (χ0v) is 21.0. The molecule has 7 nitrogen and oxygen atoms in total. The van der Waals surface area contributed by atoms with E-state index >= 15 is 0 Å². The highest BCUT2D eigenvalue weighted by molar-refractivity contribution is 7.10. The molecule has 1 aliphatic heterocycles. The average Bonchev–Trinajstić information content (AvgIpc) is 3.40. The second kappa shape index (κ2) is 14.3. The molecule has 0 saturated heterocycles. The highest BCUT2D eigenvalue weighted by Crippen LogP contribution is 2.40. The molecule has 1 aliphatic rings. The summed E-state index contributed by atoms with van der Waals surface area (Å²) >= 11 is 1.63. The predicted molar refractivity (Wildman–Crippen MR) is 131 cm³/mol. The molecule has 3 rings (SSSR count). The molecule has 2 heterocycles. The van der Waals surface area contributed by atoms with Gasteiger partial charge in [-0.3, -0.25) is 4.79 Å². The van der Waals surface area contributed by atoms with Gasteiger partial charge in [0.15, 0.2) is 5.76 Å². The minimum Gasteiger partial charge on any atom is -0.459 e. The molecule has 35 heavy (non-hydrogen) atoms. The van der Waals surface area contributed by atoms with Crippen LogP contribution in [0.3, 0.4) is 0 Å². The van der Waals surface area contributed by atoms with E-state index < -0.39 is 6.29 Å². The van der Waals surface area contributed by atoms with Crippen molar-refractivity contribution in [3.8, 4) is 0 Å². The van der Waals surface area contributed by atoms with Crippen LogP contribution in [-0.2, 0) is 30.3 Å². The average molecular weight is 508 g/mol. The van der Waals surface area contributed by atoms with Crippen molar-refractivity contribution in [1.82, 2.24) is 4.90 Å². The lowest BCUT2D eigenvalue weighted by molar-refractivity contribution is -0.171. The number of allylic oxidation sites excluding steroid dienone is 1. The van der Waals surface area contributed by atoms with Gasteiger partial charge in [-0.2, -0.15) is 0 Å². The Bertz CT molecular complexity index is 920. The van der Waals surface area contributed by atoms with Gasteiger partial charge in [-0.05, 0) is 48.6 Å². The Balaban J connectivity index is 1.72. The SMILES string of the molecule is CCO[C@H]1OC(C(=O)N(C)Cc2ccc(F)cc2)=C[C@@H](c2cccs2)[C@H]1CCOCCOCCO. The topological polar surface area (TPSA) is 77.5 Å². The van der Waals surface area contributed by atoms with Crippen LogP contribution in [0.15, 0.2) is 53.6 Å². The molecule has 1 N–H and O–H groups in total. The molecule has 0 bridgehead atoms. The summed E-state index contributed by atoms with van der Waals surface area (Å²) in [6.45, 7) is 4.31. The minimum absolute atomic E-state index is 0.00950. The molecule has 0 radical (unpaired) electrons. The molecular weight excluding hydrogens is 473 g/mol. The van der Waals surface area contributed by atoms with E-state index in [4.69, 9.17) is 24.1 Å². The first kappa shape index (κ1) is 27.3. The third-order valence-electron chi connectivity index (χ3n) is 5.68. The zero-order chi connectivity index (χ0) is 25.0. The fourth-order valence-electron chi connectivity index (χ4n) is 3.97. The summed E-state index contributed by atoms with van der Waals surface area (Å²) in [6, 6.07) is 10.1. The Morgan fingerprint density at radius 3 is 2.54 bits per heavy atom. The molecular formula is C26H34FNO6S. The van der Waals surface area contributed by atoms with Gasteiger partial charge < -0.3 is 29.0 Å². The first-order valence-electron chi connectivity index (χ1n) is 11.8. The van der Waals surface area contributed by atoms with E-state index in [-0.39, 0.29) is 35.9 Å². The van der Waals surface area contributed by atoms with E-state index in [0.717, 1.165) is 10.4 Å². The fraction of sp³-hybridized carbons (Fsp3) is 0.500. The lowest BCUT2D eigenvalue weighted by Crippen LogP contribution is -2.39. The fourth-order valence-corrected chi connectivity index (χ4v) is 4.84. The van der Waals surface area contributed by atoms with Crippen molar-refractivity contribution in [2.24, 2.45) is 5.92 Å². The summed E-state index contributed by atoms with van der Waals surface area (Å²) in [5, 5.41) is 10.8. The minimum atomic E-state index is -0.593. The second-order valence-corrected chi connectivity index (χ2v) is 9.18. The molecule has 2 aromatic rings. The van der Waals surface area contributed by atoms with Crippen molar-refractivity contribution < 1.29 is 33.2 Å². The summed E-state index contributed by atoms with van der Waals surface area (Å²) in [7, 11) is 1.70. The van der Waals surface area contributed by atoms with Gasteiger partial charge in [0.1, 0.15) is 5.82 Å². The molecule has 1 aromatic heterocycles. The van der Waals surface area contributed by atoms with Gasteiger partial charge >= 0.3 is 0 Å². The van der Waals surface area contributed by atoms with Gasteiger partial charge in [-0.15, -0.1) is 11.3 Å². The van der Waals surface area contributed by atoms with Gasteiger partial charge in [0.05, 0.1) is 26.4 Å². The van der Waals surface area contributed by atoms with Crippen LogP contribution in [0.1, 0.15) is 29.7 Å². The highest BCUT2D eigenvalue weighted by Gasteiger charge is 2.39. The van der Waals surface area contributed by atoms with Crippen molar-refractivity contribution in [1.29, 1.82) is 0 Å². The highest BCUT2D eigenvalue weighted by atomic mass is 32.1. The van der Waals surface area contributed by atoms with Crippen LogP contribution < -0.4 is 0 Å². The van der Waals surface area contributed by atoms with Gasteiger partial charge in [0.25, 0.3) is 5.91 Å². The van der Waals surface area contributed by atoms with Crippen LogP contribution in [0.4, 0.5) is 4.39 Å². The molecule has 0 spiro atoms. The summed E-state index contributed by atoms with van der Waals surface area (Å²) in [5.41, 5.74) is 0.827. The first-order valence-corrected chi connectivity index (χ1v) is 12.7. The maximum atomic E-state index is 13.3. The van der Waals surface area contributed by atoms with Gasteiger partial charge in [0.2, 0.25) is 6.29 Å². The number of amides is 1. The Kier molecular flexibility index (Phi) is 11.2. The molecule has 1 amide bonds. The van der Waals surface area contributed by atoms with E-state index in [9.17, 15) is 9.18 Å². The number of ether oxygens (including phenoxy) is 4. The second-order valence-electron chi connectivity index (χ2n) is 8.20. The molecule has 9 heteroatoms. The van der Waals surface area contributed by atoms with Crippen LogP contribution in [0.2, 0.25) is 0 Å². The Morgan fingerprint density at radius 1 is 1.14 bits per heavy atom. The zero-order valence-electron chi connectivity index (χ0n) is 20.2. The van der Waals surface area contributed by atoms with Gasteiger partial charge in [-0.25, -0.2) is 4.39 Å². The van der Waals surface area contributed by atoms with Crippen LogP contribution in [0.5, 0.6) is 0 Å². The van der Waals surface area contributed by atoms with Gasteiger partial charge in [0, 0.05) is 43.5 Å². The number of aliphatic hydroxyl groups excluding tert-OH is 1. The van der Waals surface area contributed by atoms with Crippen LogP contribution >= 0.6 is 11.3 Å². The van der Waals surface area contributed by atoms with Crippen LogP contribution in [0, 0.1) is 11.7 Å². The summed E-state index contributed by atoms with van der Waals surface area (Å²) in [4.78, 5) is 16.0. The van der Waals surface area contributed by atoms with E-state index in [2.05, 4.69) is 6.07 Å². The first-order chi connectivity index (χ1) is 17.0. The number of carbonyl (C=O) groups is 1. The van der Waals surface area contributed by atoms with Crippen molar-refractivity contribution in [2.45, 2.75) is 32.1 Å². The number of nitrogens with zero attached hydrogens (tertiary/aromatic N) is 1. The third-order valence-corrected chi connectivity index (χ3v) is 6.65. The number of aliphatic hydroxyl groups is 1. The summed E-state index contributed by atoms with van der Waals surface area (Å²) < 4.78 is 36.2. The largest absolute Gasteiger partial charge is 0.459 e. The lowest BCUT2D eigenvalue weighted by Gasteiger charge is -2.37. The Labute approximate surface area is 210 Å². The number of thiophene rings is 1. The smallest absolute Gasteiger partial charge is 0.288 e. The van der Waals surface area contributed by atoms with Crippen molar-refractivity contribution in [3.05, 3.63) is 69.9 Å². The maximum Gasteiger partial charge on any atom is 0.288 e. The van der Waals surface area contributed by atoms with Crippen molar-refractivity contribution >= 4 is 17.2 Å². The summed E-state index contributed by atoms with van der Waals surface area (Å²) in [5.74, 6) is -0.414. The number of hydrogen-bond acceptors (Lipinski definition) is 7. The maximum absolute atomic E-state index is 13.3. The number of rotatable bonds is 14. The number of benzene rings is 1. The van der Waals surface area contributed by atoms with Gasteiger partial charge in [-0.1, -0.05) is 18.2 Å². The van der Waals surface area contributed by atoms with Crippen molar-refractivity contribution in [3.63, 3.8) is 0 Å². The normalized spacial score (nSPS) is 19.8. The molecule has 0 saturated carbocycles. The Hall–Kier alpha value is -2.30. The predicted octanol–water partition coefficient (Wildman–Crippen LogP) is 3.94. The van der Waals surface area contributed by atoms with Crippen molar-refractivity contribution in [2.75, 3.05) is 46.7 Å². The van der Waals surface area contributed by atoms with E-state index in [1.807, 2.05) is 24.4 Å². The van der Waals surface area contributed by atoms with Crippen LogP contribution in [0.25, 0.3) is 0 Å². The third kappa shape index (κ3) is 8.12.